The monoisotopic (exact) mass is 265 g/mol. The van der Waals surface area contributed by atoms with Crippen LogP contribution in [0.2, 0.25) is 0 Å². The Labute approximate surface area is 110 Å². The van der Waals surface area contributed by atoms with Gasteiger partial charge in [0.15, 0.2) is 0 Å². The van der Waals surface area contributed by atoms with Gasteiger partial charge in [-0.1, -0.05) is 0 Å². The normalized spacial score (nSPS) is 23.8. The number of hydrogen-bond donors (Lipinski definition) is 1. The molecule has 5 heteroatoms. The Morgan fingerprint density at radius 2 is 2.22 bits per heavy atom. The van der Waals surface area contributed by atoms with E-state index in [2.05, 4.69) is 11.4 Å². The van der Waals surface area contributed by atoms with Gasteiger partial charge in [-0.2, -0.15) is 5.26 Å². The van der Waals surface area contributed by atoms with Crippen LogP contribution in [0.15, 0.2) is 6.07 Å². The van der Waals surface area contributed by atoms with E-state index in [1.54, 1.807) is 0 Å². The molecule has 1 fully saturated rings. The molecule has 0 saturated carbocycles. The molecule has 0 spiro atoms. The summed E-state index contributed by atoms with van der Waals surface area (Å²) in [6, 6.07) is 4.61. The Hall–Kier alpha value is -1.12. The lowest BCUT2D eigenvalue weighted by Gasteiger charge is -2.22. The van der Waals surface area contributed by atoms with Crippen LogP contribution in [-0.4, -0.2) is 26.3 Å². The first kappa shape index (κ1) is 13.3. The maximum Gasteiger partial charge on any atom is 0.120 e. The highest BCUT2D eigenvalue weighted by molar-refractivity contribution is 7.85. The molecule has 1 N–H and O–H groups in total. The van der Waals surface area contributed by atoms with Crippen LogP contribution in [0.25, 0.3) is 0 Å². The van der Waals surface area contributed by atoms with Gasteiger partial charge in [0.2, 0.25) is 0 Å². The minimum atomic E-state index is -0.602. The largest absolute Gasteiger partial charge is 0.340 e. The number of rotatable bonds is 3. The molecule has 1 aliphatic heterocycles. The number of nitrogens with one attached hydrogen (secondary N) is 1. The van der Waals surface area contributed by atoms with Crippen molar-refractivity contribution in [3.63, 3.8) is 0 Å². The molecule has 0 aromatic carbocycles. The van der Waals surface area contributed by atoms with Gasteiger partial charge >= 0.3 is 0 Å². The van der Waals surface area contributed by atoms with Gasteiger partial charge in [0.25, 0.3) is 0 Å². The lowest BCUT2D eigenvalue weighted by molar-refractivity contribution is 0.474. The van der Waals surface area contributed by atoms with Crippen LogP contribution in [0, 0.1) is 18.3 Å². The molecule has 1 saturated heterocycles. The van der Waals surface area contributed by atoms with Crippen molar-refractivity contribution >= 4 is 10.8 Å². The van der Waals surface area contributed by atoms with Gasteiger partial charge < -0.3 is 9.88 Å². The Kier molecular flexibility index (Phi) is 4.20. The van der Waals surface area contributed by atoms with Gasteiger partial charge in [0, 0.05) is 47.6 Å². The van der Waals surface area contributed by atoms with Crippen molar-refractivity contribution in [2.75, 3.05) is 11.5 Å². The molecule has 2 heterocycles. The summed E-state index contributed by atoms with van der Waals surface area (Å²) in [6.07, 6.45) is 1.98. The average molecular weight is 265 g/mol. The van der Waals surface area contributed by atoms with E-state index < -0.39 is 10.8 Å². The van der Waals surface area contributed by atoms with Gasteiger partial charge in [-0.3, -0.25) is 4.21 Å². The van der Waals surface area contributed by atoms with Crippen molar-refractivity contribution in [1.82, 2.24) is 9.88 Å². The Morgan fingerprint density at radius 3 is 2.78 bits per heavy atom. The topological polar surface area (TPSA) is 57.8 Å². The van der Waals surface area contributed by atoms with Crippen LogP contribution in [0.3, 0.4) is 0 Å². The van der Waals surface area contributed by atoms with Crippen LogP contribution < -0.4 is 5.32 Å². The van der Waals surface area contributed by atoms with Crippen molar-refractivity contribution in [3.05, 3.63) is 23.0 Å². The Balaban J connectivity index is 1.94. The van der Waals surface area contributed by atoms with Gasteiger partial charge in [-0.05, 0) is 31.4 Å². The predicted molar refractivity (Wildman–Crippen MR) is 72.6 cm³/mol. The van der Waals surface area contributed by atoms with Gasteiger partial charge in [-0.25, -0.2) is 0 Å². The zero-order valence-corrected chi connectivity index (χ0v) is 11.7. The third-order valence-corrected chi connectivity index (χ3v) is 5.11. The second-order valence-corrected chi connectivity index (χ2v) is 6.51. The summed E-state index contributed by atoms with van der Waals surface area (Å²) in [4.78, 5) is 0. The highest BCUT2D eigenvalue weighted by atomic mass is 32.2. The molecule has 0 amide bonds. The lowest BCUT2D eigenvalue weighted by atomic mass is 10.1. The highest BCUT2D eigenvalue weighted by Crippen LogP contribution is 2.15. The third kappa shape index (κ3) is 2.82. The van der Waals surface area contributed by atoms with Crippen LogP contribution >= 0.6 is 0 Å². The molecule has 0 aliphatic carbocycles. The quantitative estimate of drug-likeness (QED) is 0.893. The van der Waals surface area contributed by atoms with Crippen molar-refractivity contribution < 1.29 is 4.21 Å². The summed E-state index contributed by atoms with van der Waals surface area (Å²) in [7, 11) is 1.32. The van der Waals surface area contributed by atoms with E-state index in [9.17, 15) is 4.21 Å². The fourth-order valence-corrected chi connectivity index (χ4v) is 3.60. The molecule has 98 valence electrons. The second kappa shape index (κ2) is 5.68. The summed E-state index contributed by atoms with van der Waals surface area (Å²) in [6.45, 7) is 2.83. The number of hydrogen-bond acceptors (Lipinski definition) is 3. The maximum absolute atomic E-state index is 11.3. The summed E-state index contributed by atoms with van der Waals surface area (Å²) in [5.41, 5.74) is 3.02. The van der Waals surface area contributed by atoms with E-state index >= 15 is 0 Å². The average Bonchev–Trinajstić information content (AvgIpc) is 2.65. The van der Waals surface area contributed by atoms with Crippen molar-refractivity contribution in [3.8, 4) is 6.07 Å². The molecule has 18 heavy (non-hydrogen) atoms. The van der Waals surface area contributed by atoms with Crippen LogP contribution in [-0.2, 0) is 24.4 Å². The van der Waals surface area contributed by atoms with E-state index in [0.29, 0.717) is 11.7 Å². The minimum Gasteiger partial charge on any atom is -0.340 e. The summed E-state index contributed by atoms with van der Waals surface area (Å²) >= 11 is 0. The molecule has 1 aromatic heterocycles. The summed E-state index contributed by atoms with van der Waals surface area (Å²) in [5.74, 6) is 1.63. The first-order valence-electron chi connectivity index (χ1n) is 6.25. The first-order chi connectivity index (χ1) is 8.61. The smallest absolute Gasteiger partial charge is 0.120 e. The molecular formula is C13H19N3OS. The predicted octanol–water partition coefficient (Wildman–Crippen LogP) is 1.21. The maximum atomic E-state index is 11.3. The van der Waals surface area contributed by atoms with Crippen molar-refractivity contribution in [2.45, 2.75) is 32.4 Å². The molecule has 0 radical (unpaired) electrons. The third-order valence-electron chi connectivity index (χ3n) is 3.72. The molecular weight excluding hydrogens is 246 g/mol. The molecule has 1 aromatic rings. The molecule has 0 bridgehead atoms. The molecule has 0 unspecified atom stereocenters. The lowest BCUT2D eigenvalue weighted by Crippen LogP contribution is -2.35. The Bertz CT molecular complexity index is 491. The molecule has 4 nitrogen and oxygen atoms in total. The zero-order chi connectivity index (χ0) is 13.1. The summed E-state index contributed by atoms with van der Waals surface area (Å²) < 4.78 is 13.2. The number of nitriles is 1. The molecule has 2 rings (SSSR count). The van der Waals surface area contributed by atoms with E-state index in [1.165, 1.54) is 5.56 Å². The number of nitrogens with zero attached hydrogens (tertiary/aromatic N) is 2. The molecule has 1 aliphatic rings. The fraction of sp³-hybridized carbons (Fsp3) is 0.615. The van der Waals surface area contributed by atoms with E-state index in [0.717, 1.165) is 36.6 Å². The van der Waals surface area contributed by atoms with Crippen molar-refractivity contribution in [2.24, 2.45) is 7.05 Å². The summed E-state index contributed by atoms with van der Waals surface area (Å²) in [5, 5.41) is 12.5. The molecule has 0 atom stereocenters. The van der Waals surface area contributed by atoms with Crippen LogP contribution in [0.4, 0.5) is 0 Å². The SMILES string of the molecule is Cc1c(CNC2CCS(=O)CC2)cc(C#N)n1C. The van der Waals surface area contributed by atoms with Crippen molar-refractivity contribution in [1.29, 1.82) is 5.26 Å². The zero-order valence-electron chi connectivity index (χ0n) is 10.9. The van der Waals surface area contributed by atoms with Gasteiger partial charge in [0.1, 0.15) is 11.8 Å². The first-order valence-corrected chi connectivity index (χ1v) is 7.74. The van der Waals surface area contributed by atoms with E-state index in [4.69, 9.17) is 5.26 Å². The van der Waals surface area contributed by atoms with E-state index in [1.807, 2.05) is 24.6 Å². The standard InChI is InChI=1S/C13H19N3OS/c1-10-11(7-13(8-14)16(10)2)9-15-12-3-5-18(17)6-4-12/h7,12,15H,3-6,9H2,1-2H3. The second-order valence-electron chi connectivity index (χ2n) is 4.81. The highest BCUT2D eigenvalue weighted by Gasteiger charge is 2.18. The minimum absolute atomic E-state index is 0.466. The fourth-order valence-electron chi connectivity index (χ4n) is 2.30. The van der Waals surface area contributed by atoms with Crippen LogP contribution in [0.1, 0.15) is 29.8 Å². The van der Waals surface area contributed by atoms with Gasteiger partial charge in [-0.15, -0.1) is 0 Å². The Morgan fingerprint density at radius 1 is 1.56 bits per heavy atom. The van der Waals surface area contributed by atoms with E-state index in [-0.39, 0.29) is 0 Å². The van der Waals surface area contributed by atoms with Gasteiger partial charge in [0.05, 0.1) is 0 Å². The number of aromatic nitrogens is 1. The van der Waals surface area contributed by atoms with Crippen LogP contribution in [0.5, 0.6) is 0 Å².